The number of hydrogen-bond acceptors (Lipinski definition) is 7. The standard InChI is InChI=1S/C19H30N4O5S/c1-13-6-8-15(9-7-13)29(26,27)22-14(2)18(25)28-23-11-10-20-12-16(23)17(24)21-19(3,4)5/h6-9,14,16,20,22H,10-12H2,1-5H3,(H,21,24)/t14-,16+/m0/s1. The zero-order valence-corrected chi connectivity index (χ0v) is 18.3. The van der Waals surface area contributed by atoms with Crippen LogP contribution in [0, 0.1) is 6.92 Å². The maximum Gasteiger partial charge on any atom is 0.342 e. The third-order valence-corrected chi connectivity index (χ3v) is 5.78. The van der Waals surface area contributed by atoms with E-state index < -0.39 is 33.6 Å². The maximum atomic E-state index is 12.5. The van der Waals surface area contributed by atoms with E-state index in [0.717, 1.165) is 5.56 Å². The van der Waals surface area contributed by atoms with Gasteiger partial charge in [-0.05, 0) is 46.8 Å². The van der Waals surface area contributed by atoms with Crippen LogP contribution in [0.3, 0.4) is 0 Å². The Morgan fingerprint density at radius 1 is 1.24 bits per heavy atom. The maximum absolute atomic E-state index is 12.5. The number of benzene rings is 1. The molecule has 1 aromatic rings. The first-order valence-electron chi connectivity index (χ1n) is 9.49. The van der Waals surface area contributed by atoms with Crippen molar-refractivity contribution in [1.82, 2.24) is 20.4 Å². The van der Waals surface area contributed by atoms with Crippen LogP contribution in [0.1, 0.15) is 33.3 Å². The quantitative estimate of drug-likeness (QED) is 0.599. The van der Waals surface area contributed by atoms with E-state index in [9.17, 15) is 18.0 Å². The molecule has 9 nitrogen and oxygen atoms in total. The average Bonchev–Trinajstić information content (AvgIpc) is 2.60. The number of hydroxylamine groups is 2. The first-order valence-corrected chi connectivity index (χ1v) is 11.0. The van der Waals surface area contributed by atoms with Crippen LogP contribution in [-0.4, -0.2) is 62.6 Å². The number of hydrogen-bond donors (Lipinski definition) is 3. The summed E-state index contributed by atoms with van der Waals surface area (Å²) in [6.07, 6.45) is 0. The third kappa shape index (κ3) is 6.77. The first-order chi connectivity index (χ1) is 13.4. The van der Waals surface area contributed by atoms with Gasteiger partial charge in [-0.1, -0.05) is 17.7 Å². The molecule has 1 amide bonds. The van der Waals surface area contributed by atoms with E-state index in [0.29, 0.717) is 19.6 Å². The van der Waals surface area contributed by atoms with Gasteiger partial charge in [0.15, 0.2) is 0 Å². The van der Waals surface area contributed by atoms with Crippen LogP contribution in [0.2, 0.25) is 0 Å². The number of rotatable bonds is 6. The molecule has 0 aromatic heterocycles. The molecule has 1 aromatic carbocycles. The molecular formula is C19H30N4O5S. The number of carbonyl (C=O) groups excluding carboxylic acids is 2. The van der Waals surface area contributed by atoms with Gasteiger partial charge in [-0.15, -0.1) is 5.06 Å². The highest BCUT2D eigenvalue weighted by Crippen LogP contribution is 2.12. The lowest BCUT2D eigenvalue weighted by Gasteiger charge is -2.35. The monoisotopic (exact) mass is 426 g/mol. The normalized spacial score (nSPS) is 19.4. The van der Waals surface area contributed by atoms with E-state index in [1.807, 2.05) is 27.7 Å². The van der Waals surface area contributed by atoms with Gasteiger partial charge in [-0.3, -0.25) is 4.79 Å². The van der Waals surface area contributed by atoms with Gasteiger partial charge in [0.25, 0.3) is 0 Å². The topological polar surface area (TPSA) is 117 Å². The summed E-state index contributed by atoms with van der Waals surface area (Å²) >= 11 is 0. The van der Waals surface area contributed by atoms with Gasteiger partial charge >= 0.3 is 5.97 Å². The van der Waals surface area contributed by atoms with Crippen molar-refractivity contribution < 1.29 is 22.8 Å². The Balaban J connectivity index is 2.03. The molecule has 0 radical (unpaired) electrons. The summed E-state index contributed by atoms with van der Waals surface area (Å²) in [6, 6.07) is 4.47. The summed E-state index contributed by atoms with van der Waals surface area (Å²) in [5, 5.41) is 7.26. The van der Waals surface area contributed by atoms with Crippen molar-refractivity contribution >= 4 is 21.9 Å². The number of amides is 1. The molecule has 0 aliphatic carbocycles. The Morgan fingerprint density at radius 3 is 2.45 bits per heavy atom. The number of sulfonamides is 1. The molecule has 1 fully saturated rings. The molecule has 1 heterocycles. The fraction of sp³-hybridized carbons (Fsp3) is 0.579. The van der Waals surface area contributed by atoms with Crippen molar-refractivity contribution in [2.45, 2.75) is 57.1 Å². The summed E-state index contributed by atoms with van der Waals surface area (Å²) in [6.45, 7) is 10.0. The fourth-order valence-corrected chi connectivity index (χ4v) is 3.92. The molecule has 162 valence electrons. The Bertz CT molecular complexity index is 833. The van der Waals surface area contributed by atoms with Crippen molar-refractivity contribution in [3.8, 4) is 0 Å². The van der Waals surface area contributed by atoms with Crippen molar-refractivity contribution in [2.75, 3.05) is 19.6 Å². The minimum Gasteiger partial charge on any atom is -0.365 e. The molecule has 0 unspecified atom stereocenters. The van der Waals surface area contributed by atoms with E-state index >= 15 is 0 Å². The van der Waals surface area contributed by atoms with Crippen molar-refractivity contribution in [2.24, 2.45) is 0 Å². The molecule has 2 rings (SSSR count). The lowest BCUT2D eigenvalue weighted by molar-refractivity contribution is -0.207. The molecule has 0 bridgehead atoms. The number of nitrogens with zero attached hydrogens (tertiary/aromatic N) is 1. The average molecular weight is 427 g/mol. The second-order valence-corrected chi connectivity index (χ2v) is 9.88. The number of nitrogens with one attached hydrogen (secondary N) is 3. The molecular weight excluding hydrogens is 396 g/mol. The fourth-order valence-electron chi connectivity index (χ4n) is 2.73. The zero-order chi connectivity index (χ0) is 21.8. The van der Waals surface area contributed by atoms with Crippen LogP contribution in [0.5, 0.6) is 0 Å². The minimum absolute atomic E-state index is 0.0624. The van der Waals surface area contributed by atoms with Gasteiger partial charge in [-0.25, -0.2) is 13.2 Å². The summed E-state index contributed by atoms with van der Waals surface area (Å²) in [5.41, 5.74) is 0.496. The molecule has 3 N–H and O–H groups in total. The van der Waals surface area contributed by atoms with Gasteiger partial charge in [0.2, 0.25) is 15.9 Å². The van der Waals surface area contributed by atoms with E-state index in [2.05, 4.69) is 15.4 Å². The second kappa shape index (κ2) is 9.21. The van der Waals surface area contributed by atoms with Crippen LogP contribution in [0.4, 0.5) is 0 Å². The summed E-state index contributed by atoms with van der Waals surface area (Å²) in [4.78, 5) is 30.4. The Labute approximate surface area is 172 Å². The highest BCUT2D eigenvalue weighted by atomic mass is 32.2. The highest BCUT2D eigenvalue weighted by Gasteiger charge is 2.35. The van der Waals surface area contributed by atoms with Crippen molar-refractivity contribution in [3.05, 3.63) is 29.8 Å². The van der Waals surface area contributed by atoms with Gasteiger partial charge in [0, 0.05) is 25.2 Å². The lowest BCUT2D eigenvalue weighted by atomic mass is 10.1. The number of piperazine rings is 1. The predicted octanol–water partition coefficient (Wildman–Crippen LogP) is 0.309. The van der Waals surface area contributed by atoms with Gasteiger partial charge in [0.1, 0.15) is 12.1 Å². The molecule has 1 saturated heterocycles. The third-order valence-electron chi connectivity index (χ3n) is 4.22. The Morgan fingerprint density at radius 2 is 1.86 bits per heavy atom. The molecule has 1 aliphatic heterocycles. The van der Waals surface area contributed by atoms with Crippen LogP contribution < -0.4 is 15.4 Å². The molecule has 0 saturated carbocycles. The van der Waals surface area contributed by atoms with Crippen LogP contribution >= 0.6 is 0 Å². The molecule has 10 heteroatoms. The number of carbonyl (C=O) groups is 2. The van der Waals surface area contributed by atoms with Crippen LogP contribution in [-0.2, 0) is 24.4 Å². The van der Waals surface area contributed by atoms with E-state index in [4.69, 9.17) is 4.84 Å². The van der Waals surface area contributed by atoms with Crippen molar-refractivity contribution in [3.63, 3.8) is 0 Å². The second-order valence-electron chi connectivity index (χ2n) is 8.17. The Hall–Kier alpha value is -2.01. The summed E-state index contributed by atoms with van der Waals surface area (Å²) < 4.78 is 27.3. The van der Waals surface area contributed by atoms with E-state index in [-0.39, 0.29) is 10.8 Å². The van der Waals surface area contributed by atoms with E-state index in [1.165, 1.54) is 24.1 Å². The van der Waals surface area contributed by atoms with Gasteiger partial charge in [0.05, 0.1) is 4.90 Å². The van der Waals surface area contributed by atoms with Crippen LogP contribution in [0.15, 0.2) is 29.2 Å². The SMILES string of the molecule is Cc1ccc(S(=O)(=O)N[C@@H](C)C(=O)ON2CCNC[C@@H]2C(=O)NC(C)(C)C)cc1. The molecule has 1 aliphatic rings. The summed E-state index contributed by atoms with van der Waals surface area (Å²) in [7, 11) is -3.88. The minimum atomic E-state index is -3.88. The molecule has 29 heavy (non-hydrogen) atoms. The van der Waals surface area contributed by atoms with Gasteiger partial charge < -0.3 is 15.5 Å². The molecule has 0 spiro atoms. The van der Waals surface area contributed by atoms with Crippen LogP contribution in [0.25, 0.3) is 0 Å². The number of aryl methyl sites for hydroxylation is 1. The van der Waals surface area contributed by atoms with Gasteiger partial charge in [-0.2, -0.15) is 4.72 Å². The van der Waals surface area contributed by atoms with Crippen molar-refractivity contribution in [1.29, 1.82) is 0 Å². The predicted molar refractivity (Wildman–Crippen MR) is 108 cm³/mol. The smallest absolute Gasteiger partial charge is 0.342 e. The zero-order valence-electron chi connectivity index (χ0n) is 17.5. The molecule has 2 atom stereocenters. The largest absolute Gasteiger partial charge is 0.365 e. The Kier molecular flexibility index (Phi) is 7.39. The first kappa shape index (κ1) is 23.3. The highest BCUT2D eigenvalue weighted by molar-refractivity contribution is 7.89. The van der Waals surface area contributed by atoms with E-state index in [1.54, 1.807) is 12.1 Å². The summed E-state index contributed by atoms with van der Waals surface area (Å²) in [5.74, 6) is -1.05. The lowest BCUT2D eigenvalue weighted by Crippen LogP contribution is -2.61.